The molecule has 2 aromatic carbocycles. The second-order valence-corrected chi connectivity index (χ2v) is 10.3. The summed E-state index contributed by atoms with van der Waals surface area (Å²) < 4.78 is 7.41. The van der Waals surface area contributed by atoms with Gasteiger partial charge in [-0.3, -0.25) is 24.3 Å². The minimum absolute atomic E-state index is 0.0224. The summed E-state index contributed by atoms with van der Waals surface area (Å²) in [5, 5.41) is 15.2. The Morgan fingerprint density at radius 2 is 2.00 bits per heavy atom. The van der Waals surface area contributed by atoms with E-state index in [-0.39, 0.29) is 29.3 Å². The van der Waals surface area contributed by atoms with Gasteiger partial charge in [0.05, 0.1) is 28.5 Å². The van der Waals surface area contributed by atoms with Crippen LogP contribution in [0.4, 0.5) is 5.69 Å². The monoisotopic (exact) mass is 508 g/mol. The van der Waals surface area contributed by atoms with Crippen molar-refractivity contribution in [2.75, 3.05) is 6.61 Å². The summed E-state index contributed by atoms with van der Waals surface area (Å²) in [5.41, 5.74) is 1.54. The number of nitro groups is 1. The van der Waals surface area contributed by atoms with Crippen LogP contribution < -0.4 is 10.9 Å². The van der Waals surface area contributed by atoms with Crippen molar-refractivity contribution in [3.8, 4) is 0 Å². The molecule has 0 radical (unpaired) electrons. The molecule has 1 N–H and O–H groups in total. The molecule has 1 saturated carbocycles. The molecule has 188 valence electrons. The molecular formula is C26H28N4O5S. The highest BCUT2D eigenvalue weighted by atomic mass is 32.2. The Kier molecular flexibility index (Phi) is 7.33. The predicted octanol–water partition coefficient (Wildman–Crippen LogP) is 4.45. The SMILES string of the molecule is O=C(NC1CCCC1)c1ccc2c(=O)n(C[C@@H]3CCCO3)c(SCc3cccc([N+](=O)[O-])c3)nc2c1. The number of ether oxygens (including phenoxy) is 1. The van der Waals surface area contributed by atoms with E-state index in [1.54, 1.807) is 28.8 Å². The van der Waals surface area contributed by atoms with Crippen LogP contribution in [-0.2, 0) is 17.0 Å². The molecule has 0 spiro atoms. The molecule has 1 atom stereocenters. The van der Waals surface area contributed by atoms with Gasteiger partial charge in [0.25, 0.3) is 17.2 Å². The number of amides is 1. The molecular weight excluding hydrogens is 480 g/mol. The molecule has 1 aliphatic carbocycles. The Hall–Kier alpha value is -3.24. The first kappa shape index (κ1) is 24.5. The van der Waals surface area contributed by atoms with Gasteiger partial charge in [-0.25, -0.2) is 4.98 Å². The lowest BCUT2D eigenvalue weighted by atomic mass is 10.1. The van der Waals surface area contributed by atoms with E-state index in [0.717, 1.165) is 44.1 Å². The molecule has 2 fully saturated rings. The van der Waals surface area contributed by atoms with Gasteiger partial charge >= 0.3 is 0 Å². The van der Waals surface area contributed by atoms with E-state index >= 15 is 0 Å². The van der Waals surface area contributed by atoms with Gasteiger partial charge in [0, 0.05) is 36.1 Å². The first-order valence-corrected chi connectivity index (χ1v) is 13.3. The second-order valence-electron chi connectivity index (χ2n) is 9.35. The molecule has 2 aliphatic rings. The maximum Gasteiger partial charge on any atom is 0.269 e. The van der Waals surface area contributed by atoms with E-state index in [1.165, 1.54) is 23.9 Å². The number of fused-ring (bicyclic) bond motifs is 1. The number of carbonyl (C=O) groups is 1. The van der Waals surface area contributed by atoms with Crippen molar-refractivity contribution < 1.29 is 14.5 Å². The first-order chi connectivity index (χ1) is 17.5. The summed E-state index contributed by atoms with van der Waals surface area (Å²) in [5.74, 6) is 0.257. The summed E-state index contributed by atoms with van der Waals surface area (Å²) in [6.45, 7) is 1.07. The number of hydrogen-bond donors (Lipinski definition) is 1. The Bertz CT molecular complexity index is 1350. The maximum atomic E-state index is 13.5. The average molecular weight is 509 g/mol. The van der Waals surface area contributed by atoms with Gasteiger partial charge in [-0.1, -0.05) is 36.7 Å². The molecule has 1 saturated heterocycles. The summed E-state index contributed by atoms with van der Waals surface area (Å²) in [6, 6.07) is 11.7. The Morgan fingerprint density at radius 3 is 2.75 bits per heavy atom. The molecule has 0 bridgehead atoms. The van der Waals surface area contributed by atoms with Gasteiger partial charge in [-0.2, -0.15) is 0 Å². The van der Waals surface area contributed by atoms with Gasteiger partial charge in [0.1, 0.15) is 0 Å². The van der Waals surface area contributed by atoms with Gasteiger partial charge in [0.2, 0.25) is 0 Å². The molecule has 5 rings (SSSR count). The second kappa shape index (κ2) is 10.8. The first-order valence-electron chi connectivity index (χ1n) is 12.3. The third-order valence-electron chi connectivity index (χ3n) is 6.77. The van der Waals surface area contributed by atoms with Gasteiger partial charge in [-0.15, -0.1) is 0 Å². The van der Waals surface area contributed by atoms with Crippen LogP contribution in [0.1, 0.15) is 54.4 Å². The van der Waals surface area contributed by atoms with E-state index in [4.69, 9.17) is 9.72 Å². The lowest BCUT2D eigenvalue weighted by Crippen LogP contribution is -2.32. The predicted molar refractivity (Wildman–Crippen MR) is 137 cm³/mol. The number of aromatic nitrogens is 2. The minimum atomic E-state index is -0.423. The zero-order valence-electron chi connectivity index (χ0n) is 19.9. The van der Waals surface area contributed by atoms with Crippen molar-refractivity contribution in [1.82, 2.24) is 14.9 Å². The van der Waals surface area contributed by atoms with Gasteiger partial charge in [-0.05, 0) is 49.4 Å². The third-order valence-corrected chi connectivity index (χ3v) is 7.82. The van der Waals surface area contributed by atoms with Gasteiger partial charge < -0.3 is 10.1 Å². The highest BCUT2D eigenvalue weighted by Crippen LogP contribution is 2.26. The van der Waals surface area contributed by atoms with Crippen molar-refractivity contribution in [1.29, 1.82) is 0 Å². The Balaban J connectivity index is 1.46. The van der Waals surface area contributed by atoms with Crippen LogP contribution in [0.5, 0.6) is 0 Å². The van der Waals surface area contributed by atoms with Crippen LogP contribution in [0.3, 0.4) is 0 Å². The highest BCUT2D eigenvalue weighted by Gasteiger charge is 2.22. The Morgan fingerprint density at radius 1 is 1.17 bits per heavy atom. The van der Waals surface area contributed by atoms with Gasteiger partial charge in [0.15, 0.2) is 5.16 Å². The number of benzene rings is 2. The van der Waals surface area contributed by atoms with Crippen LogP contribution in [-0.4, -0.2) is 39.1 Å². The quantitative estimate of drug-likeness (QED) is 0.207. The molecule has 3 aromatic rings. The minimum Gasteiger partial charge on any atom is -0.376 e. The normalized spacial score (nSPS) is 18.1. The van der Waals surface area contributed by atoms with Crippen molar-refractivity contribution >= 4 is 34.3 Å². The lowest BCUT2D eigenvalue weighted by Gasteiger charge is -2.17. The number of nitrogens with zero attached hydrogens (tertiary/aromatic N) is 3. The van der Waals surface area contributed by atoms with Crippen molar-refractivity contribution in [3.05, 3.63) is 74.1 Å². The number of rotatable bonds is 8. The van der Waals surface area contributed by atoms with E-state index in [1.807, 2.05) is 6.07 Å². The molecule has 36 heavy (non-hydrogen) atoms. The summed E-state index contributed by atoms with van der Waals surface area (Å²) in [4.78, 5) is 41.8. The molecule has 2 heterocycles. The number of thioether (sulfide) groups is 1. The summed E-state index contributed by atoms with van der Waals surface area (Å²) in [7, 11) is 0. The summed E-state index contributed by atoms with van der Waals surface area (Å²) in [6.07, 6.45) is 6.00. The van der Waals surface area contributed by atoms with Crippen LogP contribution in [0.2, 0.25) is 0 Å². The molecule has 1 amide bonds. The average Bonchev–Trinajstić information content (AvgIpc) is 3.59. The van der Waals surface area contributed by atoms with Crippen LogP contribution >= 0.6 is 11.8 Å². The van der Waals surface area contributed by atoms with E-state index in [2.05, 4.69) is 5.32 Å². The smallest absolute Gasteiger partial charge is 0.269 e. The van der Waals surface area contributed by atoms with Crippen LogP contribution in [0.25, 0.3) is 10.9 Å². The number of non-ortho nitro benzene ring substituents is 1. The highest BCUT2D eigenvalue weighted by molar-refractivity contribution is 7.98. The number of hydrogen-bond acceptors (Lipinski definition) is 7. The summed E-state index contributed by atoms with van der Waals surface area (Å²) >= 11 is 1.35. The third kappa shape index (κ3) is 5.44. The van der Waals surface area contributed by atoms with E-state index in [0.29, 0.717) is 40.5 Å². The number of nitro benzene ring substituents is 1. The fourth-order valence-corrected chi connectivity index (χ4v) is 5.80. The Labute approximate surface area is 212 Å². The zero-order valence-corrected chi connectivity index (χ0v) is 20.7. The van der Waals surface area contributed by atoms with E-state index in [9.17, 15) is 19.7 Å². The fraction of sp³-hybridized carbons (Fsp3) is 0.423. The van der Waals surface area contributed by atoms with Crippen LogP contribution in [0, 0.1) is 10.1 Å². The fourth-order valence-electron chi connectivity index (χ4n) is 4.85. The van der Waals surface area contributed by atoms with Crippen LogP contribution in [0.15, 0.2) is 52.4 Å². The van der Waals surface area contributed by atoms with Crippen molar-refractivity contribution in [3.63, 3.8) is 0 Å². The number of nitrogens with one attached hydrogen (secondary N) is 1. The molecule has 0 unspecified atom stereocenters. The molecule has 10 heteroatoms. The molecule has 9 nitrogen and oxygen atoms in total. The van der Waals surface area contributed by atoms with Crippen molar-refractivity contribution in [2.45, 2.75) is 68.1 Å². The number of carbonyl (C=O) groups excluding carboxylic acids is 1. The zero-order chi connectivity index (χ0) is 25.1. The topological polar surface area (TPSA) is 116 Å². The van der Waals surface area contributed by atoms with E-state index < -0.39 is 4.92 Å². The maximum absolute atomic E-state index is 13.5. The largest absolute Gasteiger partial charge is 0.376 e. The standard InChI is InChI=1S/C26H28N4O5S/c31-24(27-19-6-1-2-7-19)18-10-11-22-23(14-18)28-26(29(25(22)32)15-21-9-4-12-35-21)36-16-17-5-3-8-20(13-17)30(33)34/h3,5,8,10-11,13-14,19,21H,1-2,4,6-7,9,12,15-16H2,(H,27,31)/t21-/m0/s1. The molecule has 1 aliphatic heterocycles. The molecule has 1 aromatic heterocycles. The lowest BCUT2D eigenvalue weighted by molar-refractivity contribution is -0.384. The van der Waals surface area contributed by atoms with Crippen molar-refractivity contribution in [2.24, 2.45) is 0 Å².